The molecule has 3 rings (SSSR count). The van der Waals surface area contributed by atoms with Gasteiger partial charge >= 0.3 is 0 Å². The van der Waals surface area contributed by atoms with E-state index in [9.17, 15) is 14.5 Å². The highest BCUT2D eigenvalue weighted by Gasteiger charge is 2.27. The number of benzene rings is 1. The summed E-state index contributed by atoms with van der Waals surface area (Å²) >= 11 is 0. The first-order valence-corrected chi connectivity index (χ1v) is 8.41. The highest BCUT2D eigenvalue weighted by atomic mass is 19.1. The maximum Gasteiger partial charge on any atom is 0.295 e. The minimum atomic E-state index is -0.586. The molecule has 0 aliphatic carbocycles. The summed E-state index contributed by atoms with van der Waals surface area (Å²) in [6, 6.07) is 5.89. The van der Waals surface area contributed by atoms with E-state index in [0.717, 1.165) is 45.1 Å². The second kappa shape index (κ2) is 7.60. The molecular formula is C17H22FN5O2. The van der Waals surface area contributed by atoms with Crippen molar-refractivity contribution in [3.8, 4) is 0 Å². The van der Waals surface area contributed by atoms with Crippen molar-refractivity contribution in [2.24, 2.45) is 0 Å². The molecule has 1 saturated heterocycles. The highest BCUT2D eigenvalue weighted by Crippen LogP contribution is 2.31. The molecular weight excluding hydrogens is 325 g/mol. The number of likely N-dealkylation sites (tertiary alicyclic amines) is 1. The number of nitro benzene ring substituents is 1. The van der Waals surface area contributed by atoms with Crippen molar-refractivity contribution in [1.29, 1.82) is 0 Å². The lowest BCUT2D eigenvalue weighted by Gasteiger charge is -2.37. The number of nitrogens with zero attached hydrogens (tertiary/aromatic N) is 5. The van der Waals surface area contributed by atoms with Crippen molar-refractivity contribution in [2.45, 2.75) is 25.4 Å². The Morgan fingerprint density at radius 3 is 2.76 bits per heavy atom. The Morgan fingerprint density at radius 2 is 2.12 bits per heavy atom. The number of hydrogen-bond acceptors (Lipinski definition) is 5. The number of rotatable bonds is 6. The van der Waals surface area contributed by atoms with Crippen LogP contribution in [-0.2, 0) is 6.54 Å². The van der Waals surface area contributed by atoms with Crippen LogP contribution in [0.2, 0.25) is 0 Å². The summed E-state index contributed by atoms with van der Waals surface area (Å²) < 4.78 is 15.2. The van der Waals surface area contributed by atoms with Crippen molar-refractivity contribution >= 4 is 11.4 Å². The molecule has 134 valence electrons. The Balaban J connectivity index is 1.58. The van der Waals surface area contributed by atoms with E-state index in [-0.39, 0.29) is 11.7 Å². The van der Waals surface area contributed by atoms with Crippen LogP contribution in [0.4, 0.5) is 15.8 Å². The molecule has 8 heteroatoms. The second-order valence-electron chi connectivity index (χ2n) is 6.34. The number of nitro groups is 1. The lowest BCUT2D eigenvalue weighted by atomic mass is 10.0. The molecule has 0 amide bonds. The van der Waals surface area contributed by atoms with E-state index in [4.69, 9.17) is 0 Å². The van der Waals surface area contributed by atoms with Gasteiger partial charge in [-0.1, -0.05) is 0 Å². The summed E-state index contributed by atoms with van der Waals surface area (Å²) in [5.41, 5.74) is 0.296. The summed E-state index contributed by atoms with van der Waals surface area (Å²) in [5, 5.41) is 15.4. The number of anilines is 1. The molecule has 0 unspecified atom stereocenters. The maximum atomic E-state index is 13.3. The van der Waals surface area contributed by atoms with Crippen molar-refractivity contribution in [3.05, 3.63) is 52.6 Å². The molecule has 1 aromatic carbocycles. The van der Waals surface area contributed by atoms with Gasteiger partial charge in [-0.25, -0.2) is 4.39 Å². The van der Waals surface area contributed by atoms with Crippen LogP contribution in [0.1, 0.15) is 12.8 Å². The van der Waals surface area contributed by atoms with E-state index in [2.05, 4.69) is 10.00 Å². The Kier molecular flexibility index (Phi) is 5.28. The standard InChI is InChI=1S/C17H22FN5O2/c1-20(16-4-3-14(18)13-17(16)23(24)25)15-5-9-21(10-6-15)11-12-22-8-2-7-19-22/h2-4,7-8,13,15H,5-6,9-12H2,1H3. The summed E-state index contributed by atoms with van der Waals surface area (Å²) in [7, 11) is 1.85. The fourth-order valence-electron chi connectivity index (χ4n) is 3.34. The van der Waals surface area contributed by atoms with Gasteiger partial charge < -0.3 is 9.80 Å². The van der Waals surface area contributed by atoms with Gasteiger partial charge in [0.15, 0.2) is 0 Å². The fourth-order valence-corrected chi connectivity index (χ4v) is 3.34. The smallest absolute Gasteiger partial charge is 0.295 e. The quantitative estimate of drug-likeness (QED) is 0.593. The largest absolute Gasteiger partial charge is 0.366 e. The highest BCUT2D eigenvalue weighted by molar-refractivity contribution is 5.63. The Hall–Kier alpha value is -2.48. The molecule has 2 aromatic rings. The normalized spacial score (nSPS) is 16.1. The van der Waals surface area contributed by atoms with E-state index >= 15 is 0 Å². The minimum absolute atomic E-state index is 0.177. The van der Waals surface area contributed by atoms with Gasteiger partial charge in [-0.2, -0.15) is 5.10 Å². The SMILES string of the molecule is CN(c1ccc(F)cc1[N+](=O)[O-])C1CCN(CCn2cccn2)CC1. The van der Waals surface area contributed by atoms with Gasteiger partial charge in [-0.05, 0) is 31.0 Å². The third-order valence-electron chi connectivity index (χ3n) is 4.82. The molecule has 0 saturated carbocycles. The lowest BCUT2D eigenvalue weighted by molar-refractivity contribution is -0.384. The molecule has 1 aliphatic heterocycles. The van der Waals surface area contributed by atoms with Crippen LogP contribution in [0.3, 0.4) is 0 Å². The Morgan fingerprint density at radius 1 is 1.36 bits per heavy atom. The summed E-state index contributed by atoms with van der Waals surface area (Å²) in [6.45, 7) is 3.67. The average Bonchev–Trinajstić information content (AvgIpc) is 3.13. The van der Waals surface area contributed by atoms with Crippen molar-refractivity contribution in [2.75, 3.05) is 31.6 Å². The van der Waals surface area contributed by atoms with Crippen molar-refractivity contribution in [1.82, 2.24) is 14.7 Å². The van der Waals surface area contributed by atoms with Crippen LogP contribution in [0.25, 0.3) is 0 Å². The summed E-state index contributed by atoms with van der Waals surface area (Å²) in [5.74, 6) is -0.586. The van der Waals surface area contributed by atoms with E-state index in [1.807, 2.05) is 28.9 Å². The average molecular weight is 347 g/mol. The van der Waals surface area contributed by atoms with Crippen LogP contribution in [-0.4, -0.2) is 52.3 Å². The molecule has 25 heavy (non-hydrogen) atoms. The topological polar surface area (TPSA) is 67.4 Å². The molecule has 0 radical (unpaired) electrons. The van der Waals surface area contributed by atoms with Crippen molar-refractivity contribution in [3.63, 3.8) is 0 Å². The van der Waals surface area contributed by atoms with Gasteiger partial charge in [0.1, 0.15) is 11.5 Å². The lowest BCUT2D eigenvalue weighted by Crippen LogP contribution is -2.44. The number of halogens is 1. The van der Waals surface area contributed by atoms with E-state index in [1.54, 1.807) is 6.20 Å². The third kappa shape index (κ3) is 4.14. The number of hydrogen-bond donors (Lipinski definition) is 0. The molecule has 1 fully saturated rings. The molecule has 7 nitrogen and oxygen atoms in total. The molecule has 1 aliphatic rings. The Labute approximate surface area is 145 Å². The fraction of sp³-hybridized carbons (Fsp3) is 0.471. The first-order valence-electron chi connectivity index (χ1n) is 8.41. The van der Waals surface area contributed by atoms with Gasteiger partial charge in [0, 0.05) is 45.1 Å². The Bertz CT molecular complexity index is 714. The summed E-state index contributed by atoms with van der Waals surface area (Å²) in [6.07, 6.45) is 5.57. The zero-order valence-electron chi connectivity index (χ0n) is 14.2. The van der Waals surface area contributed by atoms with E-state index < -0.39 is 10.7 Å². The maximum absolute atomic E-state index is 13.3. The molecule has 0 atom stereocenters. The van der Waals surface area contributed by atoms with Crippen molar-refractivity contribution < 1.29 is 9.31 Å². The van der Waals surface area contributed by atoms with Crippen LogP contribution >= 0.6 is 0 Å². The first-order chi connectivity index (χ1) is 12.0. The molecule has 2 heterocycles. The minimum Gasteiger partial charge on any atom is -0.366 e. The molecule has 0 N–H and O–H groups in total. The van der Waals surface area contributed by atoms with Gasteiger partial charge in [0.2, 0.25) is 0 Å². The predicted molar refractivity (Wildman–Crippen MR) is 93.1 cm³/mol. The zero-order chi connectivity index (χ0) is 17.8. The number of aromatic nitrogens is 2. The molecule has 0 bridgehead atoms. The zero-order valence-corrected chi connectivity index (χ0v) is 14.2. The first kappa shape index (κ1) is 17.3. The van der Waals surface area contributed by atoms with Crippen LogP contribution in [0.15, 0.2) is 36.7 Å². The summed E-state index contributed by atoms with van der Waals surface area (Å²) in [4.78, 5) is 15.0. The van der Waals surface area contributed by atoms with Crippen LogP contribution in [0.5, 0.6) is 0 Å². The van der Waals surface area contributed by atoms with Gasteiger partial charge in [-0.3, -0.25) is 14.8 Å². The van der Waals surface area contributed by atoms with Gasteiger partial charge in [-0.15, -0.1) is 0 Å². The van der Waals surface area contributed by atoms with E-state index in [0.29, 0.717) is 5.69 Å². The number of piperidine rings is 1. The van der Waals surface area contributed by atoms with Crippen LogP contribution < -0.4 is 4.90 Å². The predicted octanol–water partition coefficient (Wildman–Crippen LogP) is 2.53. The van der Waals surface area contributed by atoms with Gasteiger partial charge in [0.05, 0.1) is 17.5 Å². The van der Waals surface area contributed by atoms with Gasteiger partial charge in [0.25, 0.3) is 5.69 Å². The molecule has 1 aromatic heterocycles. The van der Waals surface area contributed by atoms with Crippen LogP contribution in [0, 0.1) is 15.9 Å². The van der Waals surface area contributed by atoms with E-state index in [1.165, 1.54) is 12.1 Å². The third-order valence-corrected chi connectivity index (χ3v) is 4.82. The molecule has 0 spiro atoms. The monoisotopic (exact) mass is 347 g/mol. The second-order valence-corrected chi connectivity index (χ2v) is 6.34.